The fourth-order valence-electron chi connectivity index (χ4n) is 11.9. The van der Waals surface area contributed by atoms with Gasteiger partial charge in [0.05, 0.1) is 32.5 Å². The fourth-order valence-corrected chi connectivity index (χ4v) is 11.9. The molecular weight excluding hydrogens is 803 g/mol. The molecule has 3 aromatic carbocycles. The van der Waals surface area contributed by atoms with Crippen molar-refractivity contribution in [2.75, 3.05) is 26.9 Å². The van der Waals surface area contributed by atoms with E-state index in [2.05, 4.69) is 48.4 Å². The van der Waals surface area contributed by atoms with Gasteiger partial charge >= 0.3 is 0 Å². The van der Waals surface area contributed by atoms with Crippen molar-refractivity contribution in [3.05, 3.63) is 111 Å². The maximum atomic E-state index is 13.6. The van der Waals surface area contributed by atoms with Crippen LogP contribution in [0.5, 0.6) is 17.2 Å². The average Bonchev–Trinajstić information content (AvgIpc) is 3.79. The van der Waals surface area contributed by atoms with Crippen LogP contribution in [0.4, 0.5) is 0 Å². The molecule has 0 aromatic heterocycles. The van der Waals surface area contributed by atoms with Gasteiger partial charge < -0.3 is 41.0 Å². The number of rotatable bonds is 12. The lowest BCUT2D eigenvalue weighted by Gasteiger charge is -2.54. The second-order valence-electron chi connectivity index (χ2n) is 19.4. The summed E-state index contributed by atoms with van der Waals surface area (Å²) >= 11 is 0. The van der Waals surface area contributed by atoms with Crippen molar-refractivity contribution in [2.24, 2.45) is 33.9 Å². The normalized spacial score (nSPS) is 26.7. The molecule has 0 saturated heterocycles. The highest BCUT2D eigenvalue weighted by Gasteiger charge is 2.54. The summed E-state index contributed by atoms with van der Waals surface area (Å²) in [6.07, 6.45) is 12.9. The van der Waals surface area contributed by atoms with E-state index in [9.17, 15) is 25.2 Å². The van der Waals surface area contributed by atoms with Gasteiger partial charge in [0.1, 0.15) is 5.75 Å². The number of hydrogen-bond acceptors (Lipinski definition) is 10. The van der Waals surface area contributed by atoms with E-state index in [1.165, 1.54) is 5.57 Å². The van der Waals surface area contributed by atoms with Gasteiger partial charge in [-0.3, -0.25) is 4.79 Å². The first-order valence-corrected chi connectivity index (χ1v) is 23.7. The van der Waals surface area contributed by atoms with E-state index in [0.717, 1.165) is 72.8 Å². The number of phenolic OH excluding ortho intramolecular Hbond substituents is 2. The van der Waals surface area contributed by atoms with Gasteiger partial charge in [0.2, 0.25) is 0 Å². The number of methoxy groups -OCH3 is 1. The van der Waals surface area contributed by atoms with Crippen molar-refractivity contribution in [3.63, 3.8) is 0 Å². The number of allylic oxidation sites excluding steroid dienone is 2. The number of nitrogens with one attached hydrogen (secondary N) is 1. The number of carbonyl (C=O) groups is 1. The summed E-state index contributed by atoms with van der Waals surface area (Å²) in [5, 5.41) is 49.9. The van der Waals surface area contributed by atoms with E-state index >= 15 is 0 Å². The molecule has 7 unspecified atom stereocenters. The maximum Gasteiger partial charge on any atom is 0.189 e. The molecule has 8 bridgehead atoms. The maximum absolute atomic E-state index is 13.6. The number of aromatic hydroxyl groups is 2. The Hall–Kier alpha value is -5.08. The topological polar surface area (TPSA) is 167 Å². The summed E-state index contributed by atoms with van der Waals surface area (Å²) < 4.78 is 12.9. The van der Waals surface area contributed by atoms with Gasteiger partial charge in [-0.15, -0.1) is 0 Å². The Morgan fingerprint density at radius 3 is 2.62 bits per heavy atom. The zero-order valence-corrected chi connectivity index (χ0v) is 37.9. The Morgan fingerprint density at radius 2 is 1.86 bits per heavy atom. The van der Waals surface area contributed by atoms with Crippen molar-refractivity contribution < 1.29 is 34.7 Å². The van der Waals surface area contributed by atoms with E-state index in [4.69, 9.17) is 20.2 Å². The SMILES string of the molecule is CCCC(=CC(=O)CCc1cc(OC2CCCC2)c(O)c2c1C#CCC1CC3(CO)C=C4C(CC(C)CC4C2C3COC)c2cc(O)cc(c2)Cc2cccc(c2)CN=C(N)N1)CO. The van der Waals surface area contributed by atoms with Crippen molar-refractivity contribution in [3.8, 4) is 29.1 Å². The van der Waals surface area contributed by atoms with E-state index in [0.29, 0.717) is 67.7 Å². The Morgan fingerprint density at radius 1 is 1.05 bits per heavy atom. The van der Waals surface area contributed by atoms with Crippen LogP contribution < -0.4 is 15.8 Å². The number of aliphatic imine (C=N–C) groups is 1. The molecule has 10 heteroatoms. The summed E-state index contributed by atoms with van der Waals surface area (Å²) in [7, 11) is 1.70. The third-order valence-corrected chi connectivity index (χ3v) is 14.7. The number of fused-ring (bicyclic) bond motifs is 10. The van der Waals surface area contributed by atoms with Gasteiger partial charge in [-0.05, 0) is 134 Å². The first kappa shape index (κ1) is 45.5. The Bertz CT molecular complexity index is 2350. The van der Waals surface area contributed by atoms with Gasteiger partial charge in [0, 0.05) is 60.3 Å². The van der Waals surface area contributed by atoms with Crippen LogP contribution >= 0.6 is 0 Å². The first-order chi connectivity index (χ1) is 31.0. The summed E-state index contributed by atoms with van der Waals surface area (Å²) in [6.45, 7) is 4.64. The van der Waals surface area contributed by atoms with Crippen LogP contribution in [0.2, 0.25) is 0 Å². The molecule has 64 heavy (non-hydrogen) atoms. The molecular formula is C54H67N3O7. The summed E-state index contributed by atoms with van der Waals surface area (Å²) in [5.74, 6) is 7.38. The lowest BCUT2D eigenvalue weighted by molar-refractivity contribution is -0.114. The monoisotopic (exact) mass is 869 g/mol. The Labute approximate surface area is 379 Å². The molecule has 3 aromatic rings. The minimum absolute atomic E-state index is 0.0441. The molecule has 1 heterocycles. The lowest BCUT2D eigenvalue weighted by Crippen LogP contribution is -2.52. The van der Waals surface area contributed by atoms with Crippen LogP contribution in [0, 0.1) is 35.0 Å². The number of nitrogens with two attached hydrogens (primary N) is 1. The molecule has 0 amide bonds. The van der Waals surface area contributed by atoms with Gasteiger partial charge in [-0.2, -0.15) is 0 Å². The van der Waals surface area contributed by atoms with Gasteiger partial charge in [-0.1, -0.05) is 74.1 Å². The molecule has 2 fully saturated rings. The minimum Gasteiger partial charge on any atom is -0.508 e. The second kappa shape index (κ2) is 20.0. The lowest BCUT2D eigenvalue weighted by atomic mass is 9.51. The highest BCUT2D eigenvalue weighted by molar-refractivity contribution is 5.90. The van der Waals surface area contributed by atoms with Crippen LogP contribution in [-0.4, -0.2) is 71.2 Å². The van der Waals surface area contributed by atoms with Crippen LogP contribution in [0.1, 0.15) is 135 Å². The number of guanidine groups is 1. The number of ketones is 1. The molecule has 0 spiro atoms. The molecule has 340 valence electrons. The third kappa shape index (κ3) is 9.78. The highest BCUT2D eigenvalue weighted by atomic mass is 16.5. The number of carbonyl (C=O) groups excluding carboxylic acids is 1. The van der Waals surface area contributed by atoms with E-state index in [1.807, 2.05) is 37.3 Å². The number of aliphatic hydroxyl groups is 2. The molecule has 7 N–H and O–H groups in total. The summed E-state index contributed by atoms with van der Waals surface area (Å²) in [4.78, 5) is 18.4. The smallest absolute Gasteiger partial charge is 0.189 e. The van der Waals surface area contributed by atoms with Crippen molar-refractivity contribution in [1.29, 1.82) is 0 Å². The zero-order chi connectivity index (χ0) is 45.0. The number of nitrogens with zero attached hydrogens (tertiary/aromatic N) is 1. The summed E-state index contributed by atoms with van der Waals surface area (Å²) in [6, 6.07) is 15.9. The van der Waals surface area contributed by atoms with Crippen LogP contribution in [0.25, 0.3) is 0 Å². The molecule has 8 rings (SSSR count). The van der Waals surface area contributed by atoms with Crippen molar-refractivity contribution in [2.45, 2.75) is 128 Å². The van der Waals surface area contributed by atoms with E-state index in [-0.39, 0.29) is 84.6 Å². The number of hydrogen-bond donors (Lipinski definition) is 6. The number of phenols is 2. The van der Waals surface area contributed by atoms with Crippen LogP contribution in [0.15, 0.2) is 76.8 Å². The number of ether oxygens (including phenoxy) is 2. The van der Waals surface area contributed by atoms with Gasteiger partial charge in [0.15, 0.2) is 23.2 Å². The first-order valence-electron chi connectivity index (χ1n) is 23.7. The predicted octanol–water partition coefficient (Wildman–Crippen LogP) is 8.26. The van der Waals surface area contributed by atoms with Crippen LogP contribution in [-0.2, 0) is 28.9 Å². The summed E-state index contributed by atoms with van der Waals surface area (Å²) in [5.41, 5.74) is 14.1. The van der Waals surface area contributed by atoms with Crippen LogP contribution in [0.3, 0.4) is 0 Å². The quantitative estimate of drug-likeness (QED) is 0.0597. The number of aliphatic hydroxyl groups excluding tert-OH is 2. The molecule has 7 atom stereocenters. The standard InChI is InChI=1S/C54H67N3O7/c1-4-9-36(30-58)23-41(60)17-16-38-26-49(64-43-13-5-6-14-43)52(62)51-44(38)15-8-12-40-27-54(32-59)28-47-45(18-33(2)19-46(47)50(51)48(54)31-63-3)39-22-37(24-42(61)25-39)21-34-10-7-11-35(20-34)29-56-53(55)57-40/h7,10-11,20,22-26,28,33,40,43,45-46,48,50,58-59,61-62H,4-6,9,12-14,16-19,21,27,29-32H2,1-3H3,(H3,55,56,57). The second-order valence-corrected chi connectivity index (χ2v) is 19.4. The molecule has 4 aliphatic carbocycles. The average molecular weight is 870 g/mol. The van der Waals surface area contributed by atoms with E-state index in [1.54, 1.807) is 13.2 Å². The minimum atomic E-state index is -0.866. The Balaban J connectivity index is 1.38. The van der Waals surface area contributed by atoms with Crippen molar-refractivity contribution >= 4 is 11.7 Å². The predicted molar refractivity (Wildman–Crippen MR) is 250 cm³/mol. The van der Waals surface area contributed by atoms with Gasteiger partial charge in [-0.25, -0.2) is 4.99 Å². The zero-order valence-electron chi connectivity index (χ0n) is 37.9. The number of aryl methyl sites for hydroxylation is 1. The highest BCUT2D eigenvalue weighted by Crippen LogP contribution is 2.62. The fraction of sp³-hybridized carbons (Fsp3) is 0.519. The molecule has 2 saturated carbocycles. The molecule has 10 nitrogen and oxygen atoms in total. The Kier molecular flexibility index (Phi) is 14.2. The largest absolute Gasteiger partial charge is 0.508 e. The third-order valence-electron chi connectivity index (χ3n) is 14.7. The molecule has 1 aliphatic heterocycles. The van der Waals surface area contributed by atoms with Gasteiger partial charge in [0.25, 0.3) is 0 Å². The molecule has 5 aliphatic rings. The van der Waals surface area contributed by atoms with Crippen molar-refractivity contribution in [1.82, 2.24) is 5.32 Å². The number of benzene rings is 3. The van der Waals surface area contributed by atoms with E-state index < -0.39 is 5.41 Å². The molecule has 0 radical (unpaired) electrons.